The zero-order chi connectivity index (χ0) is 8.97. The fourth-order valence-corrected chi connectivity index (χ4v) is 0.656. The molecule has 0 aliphatic rings. The van der Waals surface area contributed by atoms with Gasteiger partial charge in [0.2, 0.25) is 0 Å². The van der Waals surface area contributed by atoms with Gasteiger partial charge in [-0.25, -0.2) is 4.98 Å². The van der Waals surface area contributed by atoms with Crippen LogP contribution in [0.1, 0.15) is 13.3 Å². The predicted molar refractivity (Wildman–Crippen MR) is 44.6 cm³/mol. The van der Waals surface area contributed by atoms with Crippen LogP contribution >= 0.6 is 0 Å². The molecule has 4 heteroatoms. The smallest absolute Gasteiger partial charge is 0.310 e. The molecule has 0 saturated heterocycles. The second kappa shape index (κ2) is 3.71. The third-order valence-corrected chi connectivity index (χ3v) is 1.28. The van der Waals surface area contributed by atoms with Crippen molar-refractivity contribution in [1.29, 1.82) is 0 Å². The number of ether oxygens (including phenoxy) is 1. The molecule has 64 valence electrons. The molecule has 0 spiro atoms. The van der Waals surface area contributed by atoms with E-state index in [1.54, 1.807) is 19.1 Å². The quantitative estimate of drug-likeness (QED) is 0.665. The minimum Gasteiger partial charge on any atom is -0.425 e. The third kappa shape index (κ3) is 2.23. The predicted octanol–water partition coefficient (Wildman–Crippen LogP) is 0.979. The van der Waals surface area contributed by atoms with Crippen LogP contribution in [-0.2, 0) is 4.79 Å². The summed E-state index contributed by atoms with van der Waals surface area (Å²) in [6.45, 7) is 1.73. The van der Waals surface area contributed by atoms with E-state index in [0.717, 1.165) is 0 Å². The van der Waals surface area contributed by atoms with Crippen molar-refractivity contribution in [2.75, 3.05) is 5.73 Å². The maximum atomic E-state index is 10.8. The summed E-state index contributed by atoms with van der Waals surface area (Å²) < 4.78 is 4.86. The Kier molecular flexibility index (Phi) is 2.63. The van der Waals surface area contributed by atoms with E-state index in [0.29, 0.717) is 18.0 Å². The molecule has 1 aromatic heterocycles. The normalized spacial score (nSPS) is 9.42. The van der Waals surface area contributed by atoms with Gasteiger partial charge in [0.25, 0.3) is 0 Å². The molecule has 1 rings (SSSR count). The van der Waals surface area contributed by atoms with E-state index in [4.69, 9.17) is 10.5 Å². The molecule has 0 amide bonds. The van der Waals surface area contributed by atoms with E-state index < -0.39 is 0 Å². The van der Waals surface area contributed by atoms with Crippen molar-refractivity contribution < 1.29 is 9.53 Å². The van der Waals surface area contributed by atoms with Crippen LogP contribution in [-0.4, -0.2) is 11.0 Å². The summed E-state index contributed by atoms with van der Waals surface area (Å²) in [4.78, 5) is 14.6. The molecule has 0 aromatic carbocycles. The van der Waals surface area contributed by atoms with Crippen LogP contribution in [0.5, 0.6) is 5.75 Å². The van der Waals surface area contributed by atoms with Crippen molar-refractivity contribution in [3.05, 3.63) is 18.3 Å². The molecule has 12 heavy (non-hydrogen) atoms. The number of hydrogen-bond acceptors (Lipinski definition) is 4. The molecule has 0 aliphatic carbocycles. The first-order valence-electron chi connectivity index (χ1n) is 3.64. The molecule has 0 saturated carbocycles. The SMILES string of the molecule is CCC(=O)Oc1ccc(N)nc1. The molecule has 1 heterocycles. The number of nitrogens with two attached hydrogens (primary N) is 1. The Labute approximate surface area is 70.4 Å². The fourth-order valence-electron chi connectivity index (χ4n) is 0.656. The number of hydrogen-bond donors (Lipinski definition) is 1. The first-order chi connectivity index (χ1) is 5.72. The van der Waals surface area contributed by atoms with Crippen LogP contribution in [0.3, 0.4) is 0 Å². The van der Waals surface area contributed by atoms with Gasteiger partial charge in [0.1, 0.15) is 11.6 Å². The van der Waals surface area contributed by atoms with Gasteiger partial charge in [0.15, 0.2) is 0 Å². The number of carbonyl (C=O) groups is 1. The van der Waals surface area contributed by atoms with Crippen molar-refractivity contribution in [1.82, 2.24) is 4.98 Å². The third-order valence-electron chi connectivity index (χ3n) is 1.28. The zero-order valence-corrected chi connectivity index (χ0v) is 6.78. The molecular weight excluding hydrogens is 156 g/mol. The highest BCUT2D eigenvalue weighted by molar-refractivity contribution is 5.71. The average molecular weight is 166 g/mol. The standard InChI is InChI=1S/C8H10N2O2/c1-2-8(11)12-6-3-4-7(9)10-5-6/h3-5H,2H2,1H3,(H2,9,10). The van der Waals surface area contributed by atoms with Gasteiger partial charge < -0.3 is 10.5 Å². The summed E-state index contributed by atoms with van der Waals surface area (Å²) >= 11 is 0. The summed E-state index contributed by atoms with van der Waals surface area (Å²) in [5.74, 6) is 0.559. The zero-order valence-electron chi connectivity index (χ0n) is 6.78. The molecule has 4 nitrogen and oxygen atoms in total. The van der Waals surface area contributed by atoms with Gasteiger partial charge in [0.05, 0.1) is 6.20 Å². The number of pyridine rings is 1. The lowest BCUT2D eigenvalue weighted by Gasteiger charge is -2.00. The molecule has 0 fully saturated rings. The highest BCUT2D eigenvalue weighted by atomic mass is 16.5. The van der Waals surface area contributed by atoms with Gasteiger partial charge in [-0.3, -0.25) is 4.79 Å². The largest absolute Gasteiger partial charge is 0.425 e. The van der Waals surface area contributed by atoms with Gasteiger partial charge >= 0.3 is 5.97 Å². The van der Waals surface area contributed by atoms with E-state index in [-0.39, 0.29) is 5.97 Å². The van der Waals surface area contributed by atoms with E-state index in [2.05, 4.69) is 4.98 Å². The molecule has 2 N–H and O–H groups in total. The average Bonchev–Trinajstić information content (AvgIpc) is 2.09. The Morgan fingerprint density at radius 1 is 1.67 bits per heavy atom. The van der Waals surface area contributed by atoms with Crippen LogP contribution in [0, 0.1) is 0 Å². The van der Waals surface area contributed by atoms with Crippen LogP contribution < -0.4 is 10.5 Å². The Hall–Kier alpha value is -1.58. The Morgan fingerprint density at radius 3 is 2.92 bits per heavy atom. The Morgan fingerprint density at radius 2 is 2.42 bits per heavy atom. The fraction of sp³-hybridized carbons (Fsp3) is 0.250. The van der Waals surface area contributed by atoms with Gasteiger partial charge in [0, 0.05) is 6.42 Å². The number of aromatic nitrogens is 1. The Bertz CT molecular complexity index is 269. The molecular formula is C8H10N2O2. The second-order valence-corrected chi connectivity index (χ2v) is 2.25. The monoisotopic (exact) mass is 166 g/mol. The van der Waals surface area contributed by atoms with Crippen LogP contribution in [0.2, 0.25) is 0 Å². The van der Waals surface area contributed by atoms with E-state index in [1.165, 1.54) is 6.20 Å². The lowest BCUT2D eigenvalue weighted by molar-refractivity contribution is -0.134. The summed E-state index contributed by atoms with van der Waals surface area (Å²) in [5, 5.41) is 0. The van der Waals surface area contributed by atoms with Crippen molar-refractivity contribution in [2.45, 2.75) is 13.3 Å². The lowest BCUT2D eigenvalue weighted by Crippen LogP contribution is -2.05. The first kappa shape index (κ1) is 8.52. The highest BCUT2D eigenvalue weighted by Crippen LogP contribution is 2.10. The van der Waals surface area contributed by atoms with Crippen LogP contribution in [0.25, 0.3) is 0 Å². The van der Waals surface area contributed by atoms with Crippen molar-refractivity contribution in [2.24, 2.45) is 0 Å². The maximum Gasteiger partial charge on any atom is 0.310 e. The molecule has 0 radical (unpaired) electrons. The van der Waals surface area contributed by atoms with Crippen LogP contribution in [0.15, 0.2) is 18.3 Å². The lowest BCUT2D eigenvalue weighted by atomic mass is 10.4. The summed E-state index contributed by atoms with van der Waals surface area (Å²) in [7, 11) is 0. The minimum absolute atomic E-state index is 0.276. The maximum absolute atomic E-state index is 10.8. The first-order valence-corrected chi connectivity index (χ1v) is 3.64. The minimum atomic E-state index is -0.276. The van der Waals surface area contributed by atoms with Crippen molar-refractivity contribution in [3.63, 3.8) is 0 Å². The van der Waals surface area contributed by atoms with Gasteiger partial charge in [-0.15, -0.1) is 0 Å². The highest BCUT2D eigenvalue weighted by Gasteiger charge is 2.00. The number of rotatable bonds is 2. The summed E-state index contributed by atoms with van der Waals surface area (Å²) in [6, 6.07) is 3.19. The van der Waals surface area contributed by atoms with Crippen LogP contribution in [0.4, 0.5) is 5.82 Å². The number of nitrogens with zero attached hydrogens (tertiary/aromatic N) is 1. The molecule has 1 aromatic rings. The van der Waals surface area contributed by atoms with Crippen molar-refractivity contribution >= 4 is 11.8 Å². The number of carbonyl (C=O) groups excluding carboxylic acids is 1. The van der Waals surface area contributed by atoms with Gasteiger partial charge in [-0.2, -0.15) is 0 Å². The molecule has 0 unspecified atom stereocenters. The summed E-state index contributed by atoms with van der Waals surface area (Å²) in [6.07, 6.45) is 1.77. The van der Waals surface area contributed by atoms with E-state index >= 15 is 0 Å². The number of anilines is 1. The van der Waals surface area contributed by atoms with E-state index in [9.17, 15) is 4.79 Å². The second-order valence-electron chi connectivity index (χ2n) is 2.25. The van der Waals surface area contributed by atoms with Gasteiger partial charge in [-0.05, 0) is 12.1 Å². The Balaban J connectivity index is 2.64. The van der Waals surface area contributed by atoms with Gasteiger partial charge in [-0.1, -0.05) is 6.92 Å². The topological polar surface area (TPSA) is 65.2 Å². The molecule has 0 atom stereocenters. The number of esters is 1. The molecule has 0 bridgehead atoms. The number of nitrogen functional groups attached to an aromatic ring is 1. The van der Waals surface area contributed by atoms with E-state index in [1.807, 2.05) is 0 Å². The molecule has 0 aliphatic heterocycles. The van der Waals surface area contributed by atoms with Crippen molar-refractivity contribution in [3.8, 4) is 5.75 Å². The summed E-state index contributed by atoms with van der Waals surface area (Å²) in [5.41, 5.74) is 5.34.